The zero-order valence-corrected chi connectivity index (χ0v) is 29.6. The Kier molecular flexibility index (Phi) is 5.23. The Morgan fingerprint density at radius 2 is 1.22 bits per heavy atom. The fourth-order valence-electron chi connectivity index (χ4n) is 14.2. The smallest absolute Gasteiger partial charge is 0.256 e. The van der Waals surface area contributed by atoms with Crippen molar-refractivity contribution >= 4 is 40.2 Å². The van der Waals surface area contributed by atoms with E-state index in [0.717, 1.165) is 52.9 Å². The minimum atomic E-state index is 0.142. The molecular weight excluding hydrogens is 593 g/mol. The Morgan fingerprint density at radius 3 is 1.90 bits per heavy atom. The standard InChI is InChI=1S/C46H48BNO/c1-44(2)14-15-45(3,4)36-22-41-38(21-35(36)44)47-37-12-8-9-13-39(37)48(28-10-6-5-7-11-28)40-19-27(20-42(49-41)43(40)47)46-23-32-29-16-26-17-30(32)34(25-46)31(18-26)33(29)24-46/h5-13,19-22,26,29-34H,14-18,23-25H2,1-4H3/t26?,29-,30-,31?,32?,33?,34?,46-/m1/s1. The van der Waals surface area contributed by atoms with E-state index in [1.807, 2.05) is 0 Å². The van der Waals surface area contributed by atoms with Crippen molar-refractivity contribution in [2.24, 2.45) is 41.4 Å². The highest BCUT2D eigenvalue weighted by atomic mass is 16.5. The molecule has 2 aliphatic heterocycles. The van der Waals surface area contributed by atoms with Crippen molar-refractivity contribution in [3.05, 3.63) is 95.6 Å². The van der Waals surface area contributed by atoms with Crippen molar-refractivity contribution in [3.8, 4) is 11.5 Å². The van der Waals surface area contributed by atoms with Crippen molar-refractivity contribution in [1.82, 2.24) is 0 Å². The lowest BCUT2D eigenvalue weighted by Crippen LogP contribution is -2.66. The van der Waals surface area contributed by atoms with Crippen LogP contribution >= 0.6 is 0 Å². The van der Waals surface area contributed by atoms with E-state index < -0.39 is 0 Å². The minimum Gasteiger partial charge on any atom is -0.458 e. The first-order valence-corrected chi connectivity index (χ1v) is 19.7. The molecular formula is C46H48BNO. The lowest BCUT2D eigenvalue weighted by atomic mass is 9.32. The fourth-order valence-corrected chi connectivity index (χ4v) is 14.2. The molecule has 0 N–H and O–H groups in total. The summed E-state index contributed by atoms with van der Waals surface area (Å²) in [5.74, 6) is 9.17. The van der Waals surface area contributed by atoms with Crippen LogP contribution in [-0.2, 0) is 16.2 Å². The molecule has 4 aromatic carbocycles. The molecule has 49 heavy (non-hydrogen) atoms. The van der Waals surface area contributed by atoms with Crippen LogP contribution in [0, 0.1) is 41.4 Å². The fraction of sp³-hybridized carbons (Fsp3) is 0.478. The van der Waals surface area contributed by atoms with Crippen LogP contribution in [0.25, 0.3) is 0 Å². The molecule has 246 valence electrons. The van der Waals surface area contributed by atoms with E-state index in [0.29, 0.717) is 5.41 Å². The molecule has 7 fully saturated rings. The summed E-state index contributed by atoms with van der Waals surface area (Å²) in [5, 5.41) is 0. The van der Waals surface area contributed by atoms with Gasteiger partial charge >= 0.3 is 0 Å². The minimum absolute atomic E-state index is 0.142. The van der Waals surface area contributed by atoms with E-state index in [1.54, 1.807) is 5.56 Å². The Labute approximate surface area is 292 Å². The lowest BCUT2D eigenvalue weighted by Gasteiger charge is -2.72. The molecule has 0 aromatic heterocycles. The molecule has 0 atom stereocenters. The van der Waals surface area contributed by atoms with Gasteiger partial charge in [-0.15, -0.1) is 0 Å². The number of ether oxygens (including phenoxy) is 1. The average molecular weight is 642 g/mol. The van der Waals surface area contributed by atoms with Gasteiger partial charge in [0, 0.05) is 17.1 Å². The van der Waals surface area contributed by atoms with Crippen LogP contribution in [0.3, 0.4) is 0 Å². The molecule has 0 unspecified atom stereocenters. The molecule has 2 nitrogen and oxygen atoms in total. The number of para-hydroxylation sites is 2. The summed E-state index contributed by atoms with van der Waals surface area (Å²) in [4.78, 5) is 2.58. The zero-order valence-electron chi connectivity index (χ0n) is 29.6. The normalized spacial score (nSPS) is 35.4. The second-order valence-electron chi connectivity index (χ2n) is 19.3. The maximum Gasteiger partial charge on any atom is 0.256 e. The molecule has 14 rings (SSSR count). The third-order valence-electron chi connectivity index (χ3n) is 16.3. The van der Waals surface area contributed by atoms with Crippen molar-refractivity contribution in [3.63, 3.8) is 0 Å². The topological polar surface area (TPSA) is 12.5 Å². The second kappa shape index (κ2) is 9.06. The second-order valence-corrected chi connectivity index (χ2v) is 19.3. The molecule has 7 saturated carbocycles. The van der Waals surface area contributed by atoms with E-state index in [9.17, 15) is 0 Å². The summed E-state index contributed by atoms with van der Waals surface area (Å²) in [7, 11) is 0. The van der Waals surface area contributed by atoms with Gasteiger partial charge in [0.25, 0.3) is 6.71 Å². The van der Waals surface area contributed by atoms with Crippen LogP contribution in [0.2, 0.25) is 0 Å². The average Bonchev–Trinajstić information content (AvgIpc) is 3.11. The van der Waals surface area contributed by atoms with Crippen LogP contribution in [0.15, 0.2) is 78.9 Å². The Morgan fingerprint density at radius 1 is 0.612 bits per heavy atom. The predicted octanol–water partition coefficient (Wildman–Crippen LogP) is 9.40. The molecule has 0 spiro atoms. The first-order valence-electron chi connectivity index (χ1n) is 19.7. The third kappa shape index (κ3) is 3.51. The predicted molar refractivity (Wildman–Crippen MR) is 201 cm³/mol. The summed E-state index contributed by atoms with van der Waals surface area (Å²) >= 11 is 0. The molecule has 3 heteroatoms. The van der Waals surface area contributed by atoms with Gasteiger partial charge in [-0.25, -0.2) is 0 Å². The Hall–Kier alpha value is -3.46. The van der Waals surface area contributed by atoms with Crippen molar-refractivity contribution in [2.45, 2.75) is 95.3 Å². The highest BCUT2D eigenvalue weighted by molar-refractivity contribution is 6.99. The van der Waals surface area contributed by atoms with Crippen molar-refractivity contribution < 1.29 is 4.74 Å². The van der Waals surface area contributed by atoms with Crippen LogP contribution in [0.5, 0.6) is 11.5 Å². The third-order valence-corrected chi connectivity index (χ3v) is 16.3. The summed E-state index contributed by atoms with van der Waals surface area (Å²) in [5.41, 5.74) is 13.2. The highest BCUT2D eigenvalue weighted by Crippen LogP contribution is 2.74. The number of anilines is 3. The van der Waals surface area contributed by atoms with Gasteiger partial charge in [0.05, 0.1) is 0 Å². The Balaban J connectivity index is 1.10. The van der Waals surface area contributed by atoms with E-state index in [1.165, 1.54) is 95.9 Å². The van der Waals surface area contributed by atoms with Crippen LogP contribution in [-0.4, -0.2) is 6.71 Å². The largest absolute Gasteiger partial charge is 0.458 e. The molecule has 4 aromatic rings. The van der Waals surface area contributed by atoms with Gasteiger partial charge in [-0.3, -0.25) is 0 Å². The van der Waals surface area contributed by atoms with Gasteiger partial charge in [-0.2, -0.15) is 0 Å². The first kappa shape index (κ1) is 28.3. The summed E-state index contributed by atoms with van der Waals surface area (Å²) in [6.45, 7) is 9.96. The maximum atomic E-state index is 7.33. The number of benzene rings is 4. The van der Waals surface area contributed by atoms with Crippen molar-refractivity contribution in [1.29, 1.82) is 0 Å². The summed E-state index contributed by atoms with van der Waals surface area (Å²) < 4.78 is 7.33. The monoisotopic (exact) mass is 641 g/mol. The molecule has 8 bridgehead atoms. The van der Waals surface area contributed by atoms with E-state index in [-0.39, 0.29) is 17.5 Å². The molecule has 0 saturated heterocycles. The summed E-state index contributed by atoms with van der Waals surface area (Å²) in [6, 6.07) is 30.7. The van der Waals surface area contributed by atoms with Gasteiger partial charge < -0.3 is 9.64 Å². The van der Waals surface area contributed by atoms with Crippen LogP contribution < -0.4 is 26.0 Å². The number of hydrogen-bond donors (Lipinski definition) is 0. The summed E-state index contributed by atoms with van der Waals surface area (Å²) in [6.07, 6.45) is 11.3. The van der Waals surface area contributed by atoms with Gasteiger partial charge in [-0.1, -0.05) is 70.2 Å². The zero-order chi connectivity index (χ0) is 32.6. The van der Waals surface area contributed by atoms with Crippen LogP contribution in [0.1, 0.15) is 95.8 Å². The number of fused-ring (bicyclic) bond motifs is 5. The van der Waals surface area contributed by atoms with Gasteiger partial charge in [0.2, 0.25) is 0 Å². The van der Waals surface area contributed by atoms with E-state index >= 15 is 0 Å². The first-order chi connectivity index (χ1) is 23.7. The number of nitrogens with zero attached hydrogens (tertiary/aromatic N) is 1. The van der Waals surface area contributed by atoms with E-state index in [2.05, 4.69) is 111 Å². The molecule has 10 aliphatic rings. The molecule has 0 radical (unpaired) electrons. The van der Waals surface area contributed by atoms with Gasteiger partial charge in [-0.05, 0) is 179 Å². The quantitative estimate of drug-likeness (QED) is 0.175. The van der Waals surface area contributed by atoms with Crippen LogP contribution in [0.4, 0.5) is 17.1 Å². The highest BCUT2D eigenvalue weighted by Gasteiger charge is 2.67. The lowest BCUT2D eigenvalue weighted by molar-refractivity contribution is -0.212. The number of hydrogen-bond acceptors (Lipinski definition) is 2. The van der Waals surface area contributed by atoms with Gasteiger partial charge in [0.15, 0.2) is 0 Å². The maximum absolute atomic E-state index is 7.33. The van der Waals surface area contributed by atoms with Gasteiger partial charge in [0.1, 0.15) is 11.5 Å². The van der Waals surface area contributed by atoms with E-state index in [4.69, 9.17) is 4.74 Å². The number of rotatable bonds is 2. The SMILES string of the molecule is CC1(C)CCC(C)(C)c2cc3c(cc21)Oc1cc([C@]24CC5C6CC7C[C@@H]5C(C2)[C@@H](C7)C6C4)cc2c1B3c1ccccc1N2c1ccccc1. The molecule has 8 aliphatic carbocycles. The van der Waals surface area contributed by atoms with Crippen molar-refractivity contribution in [2.75, 3.05) is 4.90 Å². The molecule has 2 heterocycles. The molecule has 0 amide bonds. The Bertz CT molecular complexity index is 2030.